The number of halogens is 2. The zero-order valence-corrected chi connectivity index (χ0v) is 13.8. The third-order valence-corrected chi connectivity index (χ3v) is 4.05. The molecular weight excluding hydrogens is 307 g/mol. The summed E-state index contributed by atoms with van der Waals surface area (Å²) in [5, 5.41) is 0. The molecule has 124 valence electrons. The molecule has 0 aromatic heterocycles. The minimum Gasteiger partial charge on any atom is -0.481 e. The molecule has 0 spiro atoms. The summed E-state index contributed by atoms with van der Waals surface area (Å²) >= 11 is 0. The fourth-order valence-corrected chi connectivity index (χ4v) is 2.70. The Morgan fingerprint density at radius 1 is 1.36 bits per heavy atom. The van der Waals surface area contributed by atoms with Gasteiger partial charge in [0.2, 0.25) is 0 Å². The first-order chi connectivity index (χ1) is 9.97. The van der Waals surface area contributed by atoms with Crippen LogP contribution in [0.5, 0.6) is 5.75 Å². The van der Waals surface area contributed by atoms with Gasteiger partial charge in [-0.2, -0.15) is 0 Å². The number of amides is 1. The summed E-state index contributed by atoms with van der Waals surface area (Å²) in [6.07, 6.45) is 1.24. The second kappa shape index (κ2) is 8.34. The Hall–Kier alpha value is -1.33. The third kappa shape index (κ3) is 4.85. The monoisotopic (exact) mass is 330 g/mol. The van der Waals surface area contributed by atoms with Crippen molar-refractivity contribution in [1.29, 1.82) is 0 Å². The van der Waals surface area contributed by atoms with Gasteiger partial charge in [-0.1, -0.05) is 6.07 Å². The molecule has 1 aromatic carbocycles. The molecule has 0 bridgehead atoms. The lowest BCUT2D eigenvalue weighted by molar-refractivity contribution is -0.139. The average molecular weight is 331 g/mol. The van der Waals surface area contributed by atoms with Crippen LogP contribution >= 0.6 is 12.4 Å². The van der Waals surface area contributed by atoms with Crippen molar-refractivity contribution in [2.45, 2.75) is 38.8 Å². The normalized spacial score (nSPS) is 18.3. The molecule has 0 radical (unpaired) electrons. The molecule has 0 aliphatic carbocycles. The molecule has 2 atom stereocenters. The molecule has 1 heterocycles. The Balaban J connectivity index is 0.00000242. The molecule has 0 saturated carbocycles. The highest BCUT2D eigenvalue weighted by molar-refractivity contribution is 5.85. The van der Waals surface area contributed by atoms with Gasteiger partial charge in [0.25, 0.3) is 5.91 Å². The number of hydrogen-bond donors (Lipinski definition) is 1. The summed E-state index contributed by atoms with van der Waals surface area (Å²) in [5.41, 5.74) is 5.90. The molecular formula is C16H24ClFN2O2. The molecule has 6 heteroatoms. The van der Waals surface area contributed by atoms with Gasteiger partial charge in [-0.05, 0) is 44.7 Å². The summed E-state index contributed by atoms with van der Waals surface area (Å²) in [4.78, 5) is 14.1. The first-order valence-corrected chi connectivity index (χ1v) is 7.44. The van der Waals surface area contributed by atoms with E-state index in [2.05, 4.69) is 0 Å². The van der Waals surface area contributed by atoms with Gasteiger partial charge in [-0.3, -0.25) is 4.79 Å². The van der Waals surface area contributed by atoms with Crippen LogP contribution in [0.25, 0.3) is 0 Å². The van der Waals surface area contributed by atoms with E-state index in [9.17, 15) is 9.18 Å². The van der Waals surface area contributed by atoms with Gasteiger partial charge in [0, 0.05) is 25.2 Å². The zero-order valence-electron chi connectivity index (χ0n) is 13.0. The summed E-state index contributed by atoms with van der Waals surface area (Å²) in [6.45, 7) is 5.13. The fourth-order valence-electron chi connectivity index (χ4n) is 2.70. The van der Waals surface area contributed by atoms with Crippen molar-refractivity contribution in [1.82, 2.24) is 4.90 Å². The van der Waals surface area contributed by atoms with E-state index in [-0.39, 0.29) is 30.2 Å². The summed E-state index contributed by atoms with van der Waals surface area (Å²) in [5.74, 6) is 0.432. The Morgan fingerprint density at radius 3 is 2.55 bits per heavy atom. The summed E-state index contributed by atoms with van der Waals surface area (Å²) in [7, 11) is 0. The highest BCUT2D eigenvalue weighted by Crippen LogP contribution is 2.21. The van der Waals surface area contributed by atoms with Crippen LogP contribution in [0.2, 0.25) is 0 Å². The number of carbonyl (C=O) groups is 1. The van der Waals surface area contributed by atoms with Crippen molar-refractivity contribution in [2.75, 3.05) is 13.1 Å². The van der Waals surface area contributed by atoms with Crippen molar-refractivity contribution in [3.05, 3.63) is 30.1 Å². The molecule has 1 amide bonds. The Morgan fingerprint density at radius 2 is 2.00 bits per heavy atom. The maximum atomic E-state index is 13.1. The minimum absolute atomic E-state index is 0. The number of nitrogens with two attached hydrogens (primary N) is 1. The van der Waals surface area contributed by atoms with E-state index in [1.165, 1.54) is 12.1 Å². The molecule has 1 aliphatic rings. The SMILES string of the molecule is CC(Oc1cccc(F)c1)C(=O)N1CCC(C(C)N)CC1.Cl. The summed E-state index contributed by atoms with van der Waals surface area (Å²) in [6, 6.07) is 6.01. The van der Waals surface area contributed by atoms with Crippen molar-refractivity contribution in [2.24, 2.45) is 11.7 Å². The topological polar surface area (TPSA) is 55.6 Å². The molecule has 2 rings (SSSR count). The number of carbonyl (C=O) groups excluding carboxylic acids is 1. The van der Waals surface area contributed by atoms with Gasteiger partial charge in [0.05, 0.1) is 0 Å². The number of benzene rings is 1. The smallest absolute Gasteiger partial charge is 0.263 e. The van der Waals surface area contributed by atoms with E-state index in [1.54, 1.807) is 19.1 Å². The minimum atomic E-state index is -0.612. The first kappa shape index (κ1) is 18.7. The number of hydrogen-bond acceptors (Lipinski definition) is 3. The van der Waals surface area contributed by atoms with Crippen LogP contribution in [0.3, 0.4) is 0 Å². The van der Waals surface area contributed by atoms with Gasteiger partial charge in [0.1, 0.15) is 11.6 Å². The lowest BCUT2D eigenvalue weighted by Crippen LogP contribution is -2.46. The quantitative estimate of drug-likeness (QED) is 0.923. The second-order valence-corrected chi connectivity index (χ2v) is 5.74. The number of nitrogens with zero attached hydrogens (tertiary/aromatic N) is 1. The van der Waals surface area contributed by atoms with Crippen molar-refractivity contribution >= 4 is 18.3 Å². The second-order valence-electron chi connectivity index (χ2n) is 5.74. The van der Waals surface area contributed by atoms with E-state index in [1.807, 2.05) is 11.8 Å². The standard InChI is InChI=1S/C16H23FN2O2.ClH/c1-11(18)13-6-8-19(9-7-13)16(20)12(2)21-15-5-3-4-14(17)10-15;/h3-5,10-13H,6-9,18H2,1-2H3;1H. The van der Waals surface area contributed by atoms with Crippen LogP contribution in [0.1, 0.15) is 26.7 Å². The van der Waals surface area contributed by atoms with Crippen molar-refractivity contribution in [3.63, 3.8) is 0 Å². The molecule has 1 fully saturated rings. The Labute approximate surface area is 137 Å². The predicted octanol–water partition coefficient (Wildman–Crippen LogP) is 2.60. The van der Waals surface area contributed by atoms with E-state index in [0.29, 0.717) is 24.8 Å². The average Bonchev–Trinajstić information content (AvgIpc) is 2.46. The van der Waals surface area contributed by atoms with Crippen LogP contribution in [-0.4, -0.2) is 36.0 Å². The van der Waals surface area contributed by atoms with E-state index in [4.69, 9.17) is 10.5 Å². The predicted molar refractivity (Wildman–Crippen MR) is 86.7 cm³/mol. The van der Waals surface area contributed by atoms with Crippen LogP contribution < -0.4 is 10.5 Å². The molecule has 2 unspecified atom stereocenters. The lowest BCUT2D eigenvalue weighted by atomic mass is 9.91. The molecule has 22 heavy (non-hydrogen) atoms. The van der Waals surface area contributed by atoms with Gasteiger partial charge < -0.3 is 15.4 Å². The van der Waals surface area contributed by atoms with Crippen molar-refractivity contribution in [3.8, 4) is 5.75 Å². The van der Waals surface area contributed by atoms with E-state index in [0.717, 1.165) is 12.8 Å². The van der Waals surface area contributed by atoms with E-state index >= 15 is 0 Å². The van der Waals surface area contributed by atoms with E-state index < -0.39 is 6.10 Å². The van der Waals surface area contributed by atoms with Gasteiger partial charge in [-0.25, -0.2) is 4.39 Å². The van der Waals surface area contributed by atoms with Gasteiger partial charge in [-0.15, -0.1) is 12.4 Å². The maximum absolute atomic E-state index is 13.1. The highest BCUT2D eigenvalue weighted by Gasteiger charge is 2.28. The molecule has 1 aromatic rings. The number of likely N-dealkylation sites (tertiary alicyclic amines) is 1. The highest BCUT2D eigenvalue weighted by atomic mass is 35.5. The van der Waals surface area contributed by atoms with Crippen LogP contribution in [0.4, 0.5) is 4.39 Å². The number of ether oxygens (including phenoxy) is 1. The number of rotatable bonds is 4. The van der Waals surface area contributed by atoms with Crippen LogP contribution in [0, 0.1) is 11.7 Å². The molecule has 1 aliphatic heterocycles. The fraction of sp³-hybridized carbons (Fsp3) is 0.562. The Bertz CT molecular complexity index is 491. The van der Waals surface area contributed by atoms with Crippen LogP contribution in [-0.2, 0) is 4.79 Å². The number of piperidine rings is 1. The zero-order chi connectivity index (χ0) is 15.4. The molecule has 4 nitrogen and oxygen atoms in total. The largest absolute Gasteiger partial charge is 0.481 e. The molecule has 2 N–H and O–H groups in total. The van der Waals surface area contributed by atoms with Crippen LogP contribution in [0.15, 0.2) is 24.3 Å². The maximum Gasteiger partial charge on any atom is 0.263 e. The Kier molecular flexibility index (Phi) is 7.10. The van der Waals surface area contributed by atoms with Gasteiger partial charge >= 0.3 is 0 Å². The lowest BCUT2D eigenvalue weighted by Gasteiger charge is -2.35. The van der Waals surface area contributed by atoms with Crippen molar-refractivity contribution < 1.29 is 13.9 Å². The summed E-state index contributed by atoms with van der Waals surface area (Å²) < 4.78 is 18.6. The molecule has 1 saturated heterocycles. The van der Waals surface area contributed by atoms with Gasteiger partial charge in [0.15, 0.2) is 6.10 Å². The first-order valence-electron chi connectivity index (χ1n) is 7.44. The third-order valence-electron chi connectivity index (χ3n) is 4.05.